The van der Waals surface area contributed by atoms with Crippen LogP contribution in [-0.2, 0) is 28.5 Å². The number of ether oxygens (including phenoxy) is 4. The lowest BCUT2D eigenvalue weighted by molar-refractivity contribution is -0.143. The number of epoxide rings is 1. The molecule has 3 saturated heterocycles. The third-order valence-electron chi connectivity index (χ3n) is 6.68. The third-order valence-corrected chi connectivity index (χ3v) is 6.68. The molecule has 7 heteroatoms. The van der Waals surface area contributed by atoms with Crippen LogP contribution in [0.5, 0.6) is 0 Å². The van der Waals surface area contributed by atoms with Crippen molar-refractivity contribution in [3.63, 3.8) is 0 Å². The maximum Gasteiger partial charge on any atom is 0.303 e. The second-order valence-corrected chi connectivity index (χ2v) is 9.76. The summed E-state index contributed by atoms with van der Waals surface area (Å²) in [4.78, 5) is 23.2. The van der Waals surface area contributed by atoms with Crippen LogP contribution in [0.25, 0.3) is 0 Å². The minimum absolute atomic E-state index is 0.0529. The molecule has 184 valence electrons. The highest BCUT2D eigenvalue weighted by molar-refractivity contribution is 5.87. The van der Waals surface area contributed by atoms with Gasteiger partial charge in [-0.15, -0.1) is 0 Å². The van der Waals surface area contributed by atoms with Crippen LogP contribution >= 0.6 is 0 Å². The summed E-state index contributed by atoms with van der Waals surface area (Å²) in [6, 6.07) is -0.0529. The zero-order valence-electron chi connectivity index (χ0n) is 20.5. The van der Waals surface area contributed by atoms with Crippen molar-refractivity contribution in [3.05, 3.63) is 36.0 Å². The maximum absolute atomic E-state index is 12.3. The Morgan fingerprint density at radius 2 is 2.00 bits per heavy atom. The summed E-state index contributed by atoms with van der Waals surface area (Å²) in [7, 11) is 0. The lowest BCUT2D eigenvalue weighted by atomic mass is 9.88. The van der Waals surface area contributed by atoms with E-state index in [0.717, 1.165) is 38.9 Å². The van der Waals surface area contributed by atoms with E-state index in [4.69, 9.17) is 18.9 Å². The van der Waals surface area contributed by atoms with Crippen LogP contribution in [0, 0.1) is 5.92 Å². The number of allylic oxidation sites excluding steroid dienone is 2. The Kier molecular flexibility index (Phi) is 8.90. The summed E-state index contributed by atoms with van der Waals surface area (Å²) in [5, 5.41) is 3.02. The summed E-state index contributed by atoms with van der Waals surface area (Å²) in [5.74, 6) is -0.258. The number of carbonyl (C=O) groups is 2. The number of rotatable bonds is 8. The molecule has 3 aliphatic heterocycles. The van der Waals surface area contributed by atoms with Crippen molar-refractivity contribution in [1.29, 1.82) is 0 Å². The van der Waals surface area contributed by atoms with Gasteiger partial charge in [0.05, 0.1) is 43.2 Å². The van der Waals surface area contributed by atoms with Crippen LogP contribution in [0.4, 0.5) is 0 Å². The predicted octanol–water partition coefficient (Wildman–Crippen LogP) is 3.63. The second kappa shape index (κ2) is 11.4. The van der Waals surface area contributed by atoms with Gasteiger partial charge in [-0.25, -0.2) is 0 Å². The highest BCUT2D eigenvalue weighted by Gasteiger charge is 2.48. The Bertz CT molecular complexity index is 784. The molecule has 33 heavy (non-hydrogen) atoms. The highest BCUT2D eigenvalue weighted by Crippen LogP contribution is 2.39. The molecule has 0 aromatic carbocycles. The first-order chi connectivity index (χ1) is 15.7. The van der Waals surface area contributed by atoms with E-state index in [1.54, 1.807) is 13.0 Å². The van der Waals surface area contributed by atoms with E-state index in [9.17, 15) is 9.59 Å². The van der Waals surface area contributed by atoms with E-state index in [1.165, 1.54) is 18.6 Å². The minimum atomic E-state index is -0.437. The van der Waals surface area contributed by atoms with Gasteiger partial charge in [-0.1, -0.05) is 30.7 Å². The number of esters is 1. The number of carbonyl (C=O) groups excluding carboxylic acids is 2. The van der Waals surface area contributed by atoms with Crippen LogP contribution in [0.2, 0.25) is 0 Å². The first-order valence-corrected chi connectivity index (χ1v) is 12.1. The van der Waals surface area contributed by atoms with Crippen LogP contribution in [0.1, 0.15) is 60.3 Å². The van der Waals surface area contributed by atoms with Gasteiger partial charge in [0.1, 0.15) is 6.10 Å². The molecule has 7 nitrogen and oxygen atoms in total. The molecule has 0 aromatic heterocycles. The molecule has 3 heterocycles. The minimum Gasteiger partial charge on any atom is -0.459 e. The van der Waals surface area contributed by atoms with Gasteiger partial charge < -0.3 is 24.3 Å². The number of hydrogen-bond donors (Lipinski definition) is 1. The highest BCUT2D eigenvalue weighted by atomic mass is 16.6. The van der Waals surface area contributed by atoms with E-state index < -0.39 is 6.10 Å². The Morgan fingerprint density at radius 3 is 2.70 bits per heavy atom. The van der Waals surface area contributed by atoms with E-state index in [2.05, 4.69) is 37.4 Å². The molecule has 5 unspecified atom stereocenters. The average Bonchev–Trinajstić information content (AvgIpc) is 3.49. The topological polar surface area (TPSA) is 86.4 Å². The van der Waals surface area contributed by atoms with Gasteiger partial charge in [-0.05, 0) is 45.6 Å². The quantitative estimate of drug-likeness (QED) is 0.257. The van der Waals surface area contributed by atoms with Crippen LogP contribution < -0.4 is 5.32 Å². The van der Waals surface area contributed by atoms with Gasteiger partial charge in [0.25, 0.3) is 0 Å². The SMILES string of the molecule is CC(=O)OC(C)/C=C\C(=O)NC1C[C@H](C)C(C/C=C(C)/C=C/[C@@H]2CC3(CCO2)CO3)OC1C. The van der Waals surface area contributed by atoms with Gasteiger partial charge in [0, 0.05) is 25.8 Å². The average molecular weight is 462 g/mol. The van der Waals surface area contributed by atoms with Crippen molar-refractivity contribution in [3.8, 4) is 0 Å². The summed E-state index contributed by atoms with van der Waals surface area (Å²) < 4.78 is 22.7. The van der Waals surface area contributed by atoms with E-state index in [0.29, 0.717) is 5.92 Å². The van der Waals surface area contributed by atoms with Gasteiger partial charge in [0.2, 0.25) is 5.91 Å². The molecule has 1 amide bonds. The molecular formula is C26H39NO6. The van der Waals surface area contributed by atoms with Crippen molar-refractivity contribution in [2.45, 2.75) is 96.4 Å². The first-order valence-electron chi connectivity index (χ1n) is 12.1. The Hall–Kier alpha value is -1.96. The molecule has 7 atom stereocenters. The largest absolute Gasteiger partial charge is 0.459 e. The first kappa shape index (κ1) is 25.7. The summed E-state index contributed by atoms with van der Waals surface area (Å²) in [6.07, 6.45) is 12.9. The third kappa shape index (κ3) is 8.09. The maximum atomic E-state index is 12.3. The fourth-order valence-corrected chi connectivity index (χ4v) is 4.51. The smallest absolute Gasteiger partial charge is 0.303 e. The number of hydrogen-bond acceptors (Lipinski definition) is 6. The zero-order valence-corrected chi connectivity index (χ0v) is 20.5. The Balaban J connectivity index is 1.43. The number of nitrogens with one attached hydrogen (secondary N) is 1. The van der Waals surface area contributed by atoms with Crippen LogP contribution in [0.15, 0.2) is 36.0 Å². The normalized spacial score (nSPS) is 35.7. The van der Waals surface area contributed by atoms with E-state index in [-0.39, 0.29) is 41.8 Å². The van der Waals surface area contributed by atoms with Gasteiger partial charge in [0.15, 0.2) is 0 Å². The molecule has 0 radical (unpaired) electrons. The van der Waals surface area contributed by atoms with Crippen molar-refractivity contribution in [1.82, 2.24) is 5.32 Å². The van der Waals surface area contributed by atoms with Crippen molar-refractivity contribution < 1.29 is 28.5 Å². The molecule has 1 N–H and O–H groups in total. The zero-order chi connectivity index (χ0) is 24.0. The molecule has 0 saturated carbocycles. The van der Waals surface area contributed by atoms with Crippen LogP contribution in [-0.4, -0.2) is 61.1 Å². The molecule has 0 aromatic rings. The standard InChI is InChI=1S/C26H39NO6/c1-17(6-9-22-15-26(16-31-26)12-13-30-22)7-10-24-18(2)14-23(20(4)33-24)27-25(29)11-8-19(3)32-21(5)28/h6-9,11,18-20,22-24H,10,12-16H2,1-5H3,(H,27,29)/b9-6+,11-8-,17-7+/t18-,19?,20?,22+,23?,24?,26?/m0/s1. The van der Waals surface area contributed by atoms with Crippen LogP contribution in [0.3, 0.4) is 0 Å². The summed E-state index contributed by atoms with van der Waals surface area (Å²) in [6.45, 7) is 11.0. The number of amides is 1. The molecular weight excluding hydrogens is 422 g/mol. The van der Waals surface area contributed by atoms with Crippen molar-refractivity contribution in [2.24, 2.45) is 5.92 Å². The molecule has 3 rings (SSSR count). The molecule has 0 bridgehead atoms. The van der Waals surface area contributed by atoms with Crippen molar-refractivity contribution >= 4 is 11.9 Å². The van der Waals surface area contributed by atoms with Gasteiger partial charge in [-0.2, -0.15) is 0 Å². The summed E-state index contributed by atoms with van der Waals surface area (Å²) >= 11 is 0. The second-order valence-electron chi connectivity index (χ2n) is 9.76. The fraction of sp³-hybridized carbons (Fsp3) is 0.692. The van der Waals surface area contributed by atoms with Gasteiger partial charge >= 0.3 is 5.97 Å². The molecule has 3 fully saturated rings. The molecule has 1 spiro atoms. The van der Waals surface area contributed by atoms with Crippen molar-refractivity contribution in [2.75, 3.05) is 13.2 Å². The lowest BCUT2D eigenvalue weighted by Crippen LogP contribution is -2.50. The van der Waals surface area contributed by atoms with E-state index >= 15 is 0 Å². The lowest BCUT2D eigenvalue weighted by Gasteiger charge is -2.39. The molecule has 0 aliphatic carbocycles. The van der Waals surface area contributed by atoms with Gasteiger partial charge in [-0.3, -0.25) is 9.59 Å². The Morgan fingerprint density at radius 1 is 1.24 bits per heavy atom. The molecule has 3 aliphatic rings. The monoisotopic (exact) mass is 461 g/mol. The van der Waals surface area contributed by atoms with E-state index in [1.807, 2.05) is 6.92 Å². The predicted molar refractivity (Wildman–Crippen MR) is 126 cm³/mol. The fourth-order valence-electron chi connectivity index (χ4n) is 4.51. The summed E-state index contributed by atoms with van der Waals surface area (Å²) in [5.41, 5.74) is 1.29. The Labute approximate surface area is 197 Å².